The summed E-state index contributed by atoms with van der Waals surface area (Å²) in [6.45, 7) is 5.17. The summed E-state index contributed by atoms with van der Waals surface area (Å²) in [5.74, 6) is 2.21. The van der Waals surface area contributed by atoms with E-state index in [1.807, 2.05) is 42.3 Å². The molecule has 2 saturated carbocycles. The van der Waals surface area contributed by atoms with Gasteiger partial charge < -0.3 is 29.8 Å². The highest BCUT2D eigenvalue weighted by atomic mass is 16.5. The van der Waals surface area contributed by atoms with Crippen molar-refractivity contribution >= 4 is 39.4 Å². The Balaban J connectivity index is 1.24. The van der Waals surface area contributed by atoms with Crippen molar-refractivity contribution in [1.82, 2.24) is 19.0 Å². The highest BCUT2D eigenvalue weighted by Gasteiger charge is 2.41. The Labute approximate surface area is 274 Å². The standard InChI is InChI=1S/C38H40N6O3/c1-4-34(45)40-27-9-5-7-23(15-27)29-10-6-8-24-17-32(44(35(24)29)20-22-11-12-22)37-41-31-16-26(18-33(47-3)36(31)42(37)2)38(46)43-21-25-13-14-28(43)19-30(25)39/h4-10,15-18,22,25,28,30H,1,11-14,19-21,39H2,2-3H3,(H,40,45)/t25-,28-,30+/m1/s1. The third kappa shape index (κ3) is 5.09. The number of amides is 2. The second kappa shape index (κ2) is 11.4. The number of fused-ring (bicyclic) bond motifs is 5. The second-order valence-electron chi connectivity index (χ2n) is 13.5. The van der Waals surface area contributed by atoms with Gasteiger partial charge >= 0.3 is 0 Å². The molecule has 2 bridgehead atoms. The molecule has 9 rings (SSSR count). The SMILES string of the molecule is C=CC(=O)Nc1cccc(-c2cccc3cc(-c4nc5cc(C(=O)N6C[C@H]7CC[C@@H]6C[C@@H]7N)cc(OC)c5n4C)n(CC4CC4)c23)c1. The maximum absolute atomic E-state index is 13.9. The quantitative estimate of drug-likeness (QED) is 0.195. The lowest BCUT2D eigenvalue weighted by Gasteiger charge is -2.48. The zero-order chi connectivity index (χ0) is 32.4. The molecule has 3 N–H and O–H groups in total. The predicted molar refractivity (Wildman–Crippen MR) is 185 cm³/mol. The van der Waals surface area contributed by atoms with E-state index in [1.54, 1.807) is 7.11 Å². The van der Waals surface area contributed by atoms with Gasteiger partial charge in [-0.25, -0.2) is 4.98 Å². The Morgan fingerprint density at radius 2 is 1.89 bits per heavy atom. The van der Waals surface area contributed by atoms with Gasteiger partial charge in [-0.15, -0.1) is 0 Å². The van der Waals surface area contributed by atoms with Gasteiger partial charge in [-0.3, -0.25) is 9.59 Å². The Morgan fingerprint density at radius 1 is 1.06 bits per heavy atom. The summed E-state index contributed by atoms with van der Waals surface area (Å²) in [6, 6.07) is 20.7. The Hall–Kier alpha value is -4.89. The Kier molecular flexibility index (Phi) is 7.17. The highest BCUT2D eigenvalue weighted by Crippen LogP contribution is 2.41. The molecule has 2 aromatic heterocycles. The van der Waals surface area contributed by atoms with E-state index in [-0.39, 0.29) is 23.9 Å². The molecule has 47 heavy (non-hydrogen) atoms. The summed E-state index contributed by atoms with van der Waals surface area (Å²) in [4.78, 5) is 33.2. The number of carbonyl (C=O) groups is 2. The summed E-state index contributed by atoms with van der Waals surface area (Å²) < 4.78 is 10.4. The summed E-state index contributed by atoms with van der Waals surface area (Å²) in [5.41, 5.74) is 13.5. The van der Waals surface area contributed by atoms with Crippen molar-refractivity contribution in [1.29, 1.82) is 0 Å². The molecule has 4 fully saturated rings. The number of benzene rings is 3. The number of aryl methyl sites for hydroxylation is 1. The van der Waals surface area contributed by atoms with Crippen molar-refractivity contribution in [2.24, 2.45) is 24.6 Å². The van der Waals surface area contributed by atoms with Gasteiger partial charge in [0, 0.05) is 54.4 Å². The normalized spacial score (nSPS) is 20.6. The molecule has 9 heteroatoms. The molecule has 0 radical (unpaired) electrons. The fourth-order valence-corrected chi connectivity index (χ4v) is 7.84. The molecular formula is C38H40N6O3. The number of hydrogen-bond donors (Lipinski definition) is 2. The van der Waals surface area contributed by atoms with E-state index in [1.165, 1.54) is 18.9 Å². The first-order chi connectivity index (χ1) is 22.8. The number of imidazole rings is 1. The minimum atomic E-state index is -0.241. The van der Waals surface area contributed by atoms with Crippen LogP contribution in [0.1, 0.15) is 42.5 Å². The molecular weight excluding hydrogens is 588 g/mol. The van der Waals surface area contributed by atoms with Gasteiger partial charge in [-0.1, -0.05) is 36.9 Å². The Bertz CT molecular complexity index is 2070. The molecule has 9 nitrogen and oxygen atoms in total. The summed E-state index contributed by atoms with van der Waals surface area (Å²) in [5, 5.41) is 4.01. The molecule has 2 aliphatic heterocycles. The van der Waals surface area contributed by atoms with Crippen LogP contribution in [0.25, 0.3) is 44.6 Å². The van der Waals surface area contributed by atoms with Crippen LogP contribution in [0, 0.1) is 11.8 Å². The maximum atomic E-state index is 13.9. The van der Waals surface area contributed by atoms with Gasteiger partial charge in [0.25, 0.3) is 5.91 Å². The number of ether oxygens (including phenoxy) is 1. The van der Waals surface area contributed by atoms with Crippen LogP contribution in [0.5, 0.6) is 5.75 Å². The van der Waals surface area contributed by atoms with E-state index >= 15 is 0 Å². The molecule has 2 amide bonds. The second-order valence-corrected chi connectivity index (χ2v) is 13.5. The van der Waals surface area contributed by atoms with E-state index in [0.717, 1.165) is 76.1 Å². The van der Waals surface area contributed by atoms with Crippen molar-refractivity contribution in [2.45, 2.75) is 50.7 Å². The zero-order valence-electron chi connectivity index (χ0n) is 26.9. The number of methoxy groups -OCH3 is 1. The largest absolute Gasteiger partial charge is 0.494 e. The molecule has 0 unspecified atom stereocenters. The molecule has 3 atom stereocenters. The van der Waals surface area contributed by atoms with Crippen molar-refractivity contribution in [2.75, 3.05) is 19.0 Å². The number of aromatic nitrogens is 3. The van der Waals surface area contributed by atoms with Crippen LogP contribution in [-0.2, 0) is 18.4 Å². The lowest BCUT2D eigenvalue weighted by Crippen LogP contribution is -2.58. The van der Waals surface area contributed by atoms with E-state index in [9.17, 15) is 9.59 Å². The van der Waals surface area contributed by atoms with Crippen molar-refractivity contribution in [3.05, 3.63) is 78.9 Å². The number of nitrogens with two attached hydrogens (primary N) is 1. The van der Waals surface area contributed by atoms with Crippen LogP contribution in [0.4, 0.5) is 5.69 Å². The lowest BCUT2D eigenvalue weighted by molar-refractivity contribution is -0.111. The molecule has 0 spiro atoms. The minimum Gasteiger partial charge on any atom is -0.494 e. The third-order valence-electron chi connectivity index (χ3n) is 10.5. The number of anilines is 1. The van der Waals surface area contributed by atoms with Gasteiger partial charge in [0.1, 0.15) is 11.3 Å². The molecule has 4 aliphatic rings. The number of hydrogen-bond acceptors (Lipinski definition) is 5. The Morgan fingerprint density at radius 3 is 2.62 bits per heavy atom. The van der Waals surface area contributed by atoms with Crippen LogP contribution in [-0.4, -0.2) is 56.6 Å². The average molecular weight is 629 g/mol. The van der Waals surface area contributed by atoms with Crippen LogP contribution < -0.4 is 15.8 Å². The first-order valence-electron chi connectivity index (χ1n) is 16.6. The van der Waals surface area contributed by atoms with Crippen molar-refractivity contribution < 1.29 is 14.3 Å². The third-order valence-corrected chi connectivity index (χ3v) is 10.5. The van der Waals surface area contributed by atoms with E-state index in [2.05, 4.69) is 51.4 Å². The molecule has 2 saturated heterocycles. The van der Waals surface area contributed by atoms with Gasteiger partial charge in [0.15, 0.2) is 5.82 Å². The fraction of sp³-hybridized carbons (Fsp3) is 0.342. The minimum absolute atomic E-state index is 0.0259. The monoisotopic (exact) mass is 628 g/mol. The molecule has 240 valence electrons. The smallest absolute Gasteiger partial charge is 0.254 e. The number of carbonyl (C=O) groups excluding carboxylic acids is 2. The fourth-order valence-electron chi connectivity index (χ4n) is 7.84. The molecule has 2 aliphatic carbocycles. The molecule has 3 aromatic carbocycles. The van der Waals surface area contributed by atoms with E-state index in [4.69, 9.17) is 15.5 Å². The number of nitrogens with one attached hydrogen (secondary N) is 1. The van der Waals surface area contributed by atoms with Crippen LogP contribution in [0.2, 0.25) is 0 Å². The van der Waals surface area contributed by atoms with Gasteiger partial charge in [0.05, 0.1) is 23.8 Å². The molecule has 5 aromatic rings. The summed E-state index contributed by atoms with van der Waals surface area (Å²) in [6.07, 6.45) is 6.65. The van der Waals surface area contributed by atoms with Crippen molar-refractivity contribution in [3.63, 3.8) is 0 Å². The number of nitrogens with zero attached hydrogens (tertiary/aromatic N) is 4. The van der Waals surface area contributed by atoms with E-state index < -0.39 is 0 Å². The first-order valence-corrected chi connectivity index (χ1v) is 16.6. The number of piperidine rings is 2. The molecule has 4 heterocycles. The van der Waals surface area contributed by atoms with Gasteiger partial charge in [-0.05, 0) is 85.9 Å². The van der Waals surface area contributed by atoms with Gasteiger partial charge in [-0.2, -0.15) is 0 Å². The van der Waals surface area contributed by atoms with Crippen molar-refractivity contribution in [3.8, 4) is 28.4 Å². The van der Waals surface area contributed by atoms with Crippen LogP contribution >= 0.6 is 0 Å². The average Bonchev–Trinajstić information content (AvgIpc) is 3.76. The number of rotatable bonds is 8. The first kappa shape index (κ1) is 29.5. The van der Waals surface area contributed by atoms with Crippen LogP contribution in [0.3, 0.4) is 0 Å². The number of para-hydroxylation sites is 1. The lowest BCUT2D eigenvalue weighted by atomic mass is 9.76. The zero-order valence-corrected chi connectivity index (χ0v) is 26.9. The topological polar surface area (TPSA) is 107 Å². The highest BCUT2D eigenvalue weighted by molar-refractivity contribution is 6.02. The van der Waals surface area contributed by atoms with E-state index in [0.29, 0.717) is 29.7 Å². The summed E-state index contributed by atoms with van der Waals surface area (Å²) >= 11 is 0. The maximum Gasteiger partial charge on any atom is 0.254 e. The summed E-state index contributed by atoms with van der Waals surface area (Å²) in [7, 11) is 3.67. The predicted octanol–water partition coefficient (Wildman–Crippen LogP) is 6.36. The van der Waals surface area contributed by atoms with Crippen LogP contribution in [0.15, 0.2) is 73.3 Å². The van der Waals surface area contributed by atoms with Gasteiger partial charge in [0.2, 0.25) is 5.91 Å².